The van der Waals surface area contributed by atoms with E-state index in [1.54, 1.807) is 12.1 Å². The summed E-state index contributed by atoms with van der Waals surface area (Å²) >= 11 is 6.04. The molecule has 2 heterocycles. The van der Waals surface area contributed by atoms with Gasteiger partial charge in [-0.25, -0.2) is 4.99 Å². The fourth-order valence-corrected chi connectivity index (χ4v) is 3.41. The largest absolute Gasteiger partial charge is 0.378 e. The number of morpholine rings is 1. The minimum atomic E-state index is -0.304. The number of amidine groups is 1. The van der Waals surface area contributed by atoms with Gasteiger partial charge in [0.25, 0.3) is 5.91 Å². The van der Waals surface area contributed by atoms with Gasteiger partial charge < -0.3 is 20.3 Å². The van der Waals surface area contributed by atoms with Gasteiger partial charge in [0.05, 0.1) is 25.5 Å². The van der Waals surface area contributed by atoms with Crippen LogP contribution in [0.15, 0.2) is 70.6 Å². The van der Waals surface area contributed by atoms with E-state index in [9.17, 15) is 4.79 Å². The van der Waals surface area contributed by atoms with Crippen molar-refractivity contribution in [1.29, 1.82) is 0 Å². The Morgan fingerprint density at radius 3 is 2.59 bits per heavy atom. The summed E-state index contributed by atoms with van der Waals surface area (Å²) in [6, 6.07) is 10.8. The Kier molecular flexibility index (Phi) is 9.61. The van der Waals surface area contributed by atoms with Gasteiger partial charge in [-0.1, -0.05) is 24.1 Å². The highest BCUT2D eigenvalue weighted by Crippen LogP contribution is 2.20. The van der Waals surface area contributed by atoms with Crippen LogP contribution in [-0.2, 0) is 4.74 Å². The summed E-state index contributed by atoms with van der Waals surface area (Å²) in [6.07, 6.45) is 4.37. The molecule has 0 saturated carbocycles. The number of aromatic nitrogens is 2. The van der Waals surface area contributed by atoms with Crippen LogP contribution in [0.1, 0.15) is 37.7 Å². The number of anilines is 1. The third kappa shape index (κ3) is 7.67. The van der Waals surface area contributed by atoms with Gasteiger partial charge in [-0.15, -0.1) is 5.10 Å². The number of benzene rings is 1. The number of hydrogen-bond donors (Lipinski definition) is 2. The van der Waals surface area contributed by atoms with E-state index >= 15 is 0 Å². The standard InChI is InChI=1S/C25H31ClN6O2/c1-4-18(2)24(30-21-9-7-20(26)8-10-21)16-22(29-19(3)32-12-14-34-15-13-32)17-27-25(33)23-6-5-11-28-31-23/h5-11,16,30H,4,12-15,17H2,1-3H3,(H,27,33)/b22-16-,24-18?,29-19?. The number of hydrogen-bond acceptors (Lipinski definition) is 6. The van der Waals surface area contributed by atoms with E-state index in [0.717, 1.165) is 42.3 Å². The monoisotopic (exact) mass is 482 g/mol. The molecule has 0 bridgehead atoms. The van der Waals surface area contributed by atoms with Crippen LogP contribution in [0.25, 0.3) is 0 Å². The lowest BCUT2D eigenvalue weighted by atomic mass is 10.1. The molecule has 1 aliphatic rings. The Balaban J connectivity index is 1.88. The van der Waals surface area contributed by atoms with E-state index in [4.69, 9.17) is 21.3 Å². The summed E-state index contributed by atoms with van der Waals surface area (Å²) in [7, 11) is 0. The van der Waals surface area contributed by atoms with Crippen molar-refractivity contribution in [2.45, 2.75) is 27.2 Å². The van der Waals surface area contributed by atoms with Crippen molar-refractivity contribution in [3.8, 4) is 0 Å². The van der Waals surface area contributed by atoms with Crippen molar-refractivity contribution >= 4 is 29.0 Å². The normalized spacial score (nSPS) is 15.6. The maximum atomic E-state index is 12.6. The smallest absolute Gasteiger partial charge is 0.272 e. The van der Waals surface area contributed by atoms with Crippen LogP contribution in [0.5, 0.6) is 0 Å². The average Bonchev–Trinajstić information content (AvgIpc) is 2.88. The van der Waals surface area contributed by atoms with Gasteiger partial charge in [-0.05, 0) is 62.7 Å². The van der Waals surface area contributed by atoms with E-state index in [0.29, 0.717) is 23.9 Å². The Bertz CT molecular complexity index is 1040. The molecule has 2 N–H and O–H groups in total. The molecule has 0 aliphatic carbocycles. The number of allylic oxidation sites excluding steroid dienone is 2. The molecule has 8 nitrogen and oxygen atoms in total. The second-order valence-electron chi connectivity index (χ2n) is 7.87. The number of ether oxygens (including phenoxy) is 1. The molecular weight excluding hydrogens is 452 g/mol. The molecule has 0 unspecified atom stereocenters. The molecule has 1 saturated heterocycles. The molecule has 9 heteroatoms. The van der Waals surface area contributed by atoms with Gasteiger partial charge in [0, 0.05) is 35.7 Å². The lowest BCUT2D eigenvalue weighted by molar-refractivity contribution is 0.0678. The molecule has 34 heavy (non-hydrogen) atoms. The zero-order valence-electron chi connectivity index (χ0n) is 19.8. The zero-order chi connectivity index (χ0) is 24.3. The fraction of sp³-hybridized carbons (Fsp3) is 0.360. The Morgan fingerprint density at radius 2 is 1.94 bits per heavy atom. The summed E-state index contributed by atoms with van der Waals surface area (Å²) in [5.41, 5.74) is 3.97. The highest BCUT2D eigenvalue weighted by Gasteiger charge is 2.14. The van der Waals surface area contributed by atoms with Gasteiger partial charge in [0.1, 0.15) is 5.84 Å². The summed E-state index contributed by atoms with van der Waals surface area (Å²) in [4.78, 5) is 19.6. The van der Waals surface area contributed by atoms with Crippen molar-refractivity contribution in [3.63, 3.8) is 0 Å². The maximum Gasteiger partial charge on any atom is 0.272 e. The van der Waals surface area contributed by atoms with Crippen molar-refractivity contribution in [2.75, 3.05) is 38.2 Å². The van der Waals surface area contributed by atoms with Crippen molar-refractivity contribution < 1.29 is 9.53 Å². The quantitative estimate of drug-likeness (QED) is 0.331. The van der Waals surface area contributed by atoms with Gasteiger partial charge in [-0.2, -0.15) is 5.10 Å². The van der Waals surface area contributed by atoms with E-state index in [1.165, 1.54) is 6.20 Å². The van der Waals surface area contributed by atoms with Gasteiger partial charge in [-0.3, -0.25) is 4.79 Å². The van der Waals surface area contributed by atoms with Crippen molar-refractivity contribution in [3.05, 3.63) is 76.4 Å². The average molecular weight is 483 g/mol. The molecule has 0 atom stereocenters. The van der Waals surface area contributed by atoms with E-state index in [1.807, 2.05) is 37.3 Å². The van der Waals surface area contributed by atoms with Crippen LogP contribution in [0.4, 0.5) is 5.69 Å². The number of nitrogens with one attached hydrogen (secondary N) is 2. The summed E-state index contributed by atoms with van der Waals surface area (Å²) < 4.78 is 5.46. The maximum absolute atomic E-state index is 12.6. The first kappa shape index (κ1) is 25.4. The lowest BCUT2D eigenvalue weighted by Crippen LogP contribution is -2.39. The molecular formula is C25H31ClN6O2. The third-order valence-corrected chi connectivity index (χ3v) is 5.69. The van der Waals surface area contributed by atoms with Crippen LogP contribution in [0.2, 0.25) is 5.02 Å². The van der Waals surface area contributed by atoms with Crippen LogP contribution in [0, 0.1) is 0 Å². The minimum Gasteiger partial charge on any atom is -0.378 e. The molecule has 0 radical (unpaired) electrons. The highest BCUT2D eigenvalue weighted by molar-refractivity contribution is 6.30. The summed E-state index contributed by atoms with van der Waals surface area (Å²) in [6.45, 7) is 9.31. The number of rotatable bonds is 8. The minimum absolute atomic E-state index is 0.236. The number of aliphatic imine (C=N–C) groups is 1. The molecule has 1 amide bonds. The predicted molar refractivity (Wildman–Crippen MR) is 136 cm³/mol. The molecule has 0 spiro atoms. The molecule has 3 rings (SSSR count). The number of carbonyl (C=O) groups excluding carboxylic acids is 1. The Hall–Kier alpha value is -3.23. The van der Waals surface area contributed by atoms with E-state index < -0.39 is 0 Å². The lowest BCUT2D eigenvalue weighted by Gasteiger charge is -2.28. The Labute approximate surface area is 205 Å². The van der Waals surface area contributed by atoms with E-state index in [2.05, 4.69) is 39.6 Å². The van der Waals surface area contributed by atoms with Crippen molar-refractivity contribution in [2.24, 2.45) is 4.99 Å². The topological polar surface area (TPSA) is 91.7 Å². The Morgan fingerprint density at radius 1 is 1.21 bits per heavy atom. The number of halogens is 1. The van der Waals surface area contributed by atoms with Crippen LogP contribution >= 0.6 is 11.6 Å². The van der Waals surface area contributed by atoms with E-state index in [-0.39, 0.29) is 18.1 Å². The van der Waals surface area contributed by atoms with Gasteiger partial charge in [0.2, 0.25) is 0 Å². The first-order valence-electron chi connectivity index (χ1n) is 11.3. The van der Waals surface area contributed by atoms with Gasteiger partial charge in [0.15, 0.2) is 5.69 Å². The number of amides is 1. The van der Waals surface area contributed by atoms with Gasteiger partial charge >= 0.3 is 0 Å². The molecule has 180 valence electrons. The first-order chi connectivity index (χ1) is 16.5. The third-order valence-electron chi connectivity index (χ3n) is 5.43. The van der Waals surface area contributed by atoms with Crippen LogP contribution < -0.4 is 10.6 Å². The summed E-state index contributed by atoms with van der Waals surface area (Å²) in [5.74, 6) is 0.574. The second-order valence-corrected chi connectivity index (χ2v) is 8.30. The second kappa shape index (κ2) is 12.9. The predicted octanol–water partition coefficient (Wildman–Crippen LogP) is 4.29. The first-order valence-corrected chi connectivity index (χ1v) is 11.7. The molecule has 1 aliphatic heterocycles. The molecule has 1 aromatic heterocycles. The fourth-order valence-electron chi connectivity index (χ4n) is 3.28. The zero-order valence-corrected chi connectivity index (χ0v) is 20.6. The molecule has 1 aromatic carbocycles. The van der Waals surface area contributed by atoms with Crippen LogP contribution in [0.3, 0.4) is 0 Å². The highest BCUT2D eigenvalue weighted by atomic mass is 35.5. The number of carbonyl (C=O) groups is 1. The molecule has 2 aromatic rings. The van der Waals surface area contributed by atoms with Crippen LogP contribution in [-0.4, -0.2) is 59.7 Å². The SMILES string of the molecule is CCC(C)=C(/C=C(/CNC(=O)c1cccnn1)N=C(C)N1CCOCC1)Nc1ccc(Cl)cc1. The van der Waals surface area contributed by atoms with Crippen molar-refractivity contribution in [1.82, 2.24) is 20.4 Å². The molecule has 1 fully saturated rings. The number of nitrogens with zero attached hydrogens (tertiary/aromatic N) is 4. The summed E-state index contributed by atoms with van der Waals surface area (Å²) in [5, 5.41) is 14.7.